The van der Waals surface area contributed by atoms with Crippen LogP contribution >= 0.6 is 15.9 Å². The average Bonchev–Trinajstić information content (AvgIpc) is 2.71. The number of amides is 1. The molecule has 7 heteroatoms. The number of esters is 1. The van der Waals surface area contributed by atoms with E-state index < -0.39 is 0 Å². The Morgan fingerprint density at radius 2 is 1.75 bits per heavy atom. The van der Waals surface area contributed by atoms with E-state index in [-0.39, 0.29) is 24.0 Å². The zero-order valence-corrected chi connectivity index (χ0v) is 18.0. The van der Waals surface area contributed by atoms with Crippen LogP contribution in [0.5, 0.6) is 5.75 Å². The summed E-state index contributed by atoms with van der Waals surface area (Å²) in [6.07, 6.45) is 0. The van der Waals surface area contributed by atoms with Gasteiger partial charge in [0.15, 0.2) is 0 Å². The summed E-state index contributed by atoms with van der Waals surface area (Å²) in [5.74, 6) is 0.281. The zero-order valence-electron chi connectivity index (χ0n) is 16.4. The molecule has 0 spiro atoms. The second-order valence-electron chi connectivity index (χ2n) is 6.41. The second-order valence-corrected chi connectivity index (χ2v) is 7.26. The van der Waals surface area contributed by atoms with Crippen LogP contribution in [0.4, 0.5) is 0 Å². The van der Waals surface area contributed by atoms with Crippen LogP contribution in [0.3, 0.4) is 0 Å². The maximum absolute atomic E-state index is 12.4. The number of ether oxygens (including phenoxy) is 2. The van der Waals surface area contributed by atoms with Crippen molar-refractivity contribution in [2.45, 2.75) is 32.5 Å². The van der Waals surface area contributed by atoms with Gasteiger partial charge >= 0.3 is 5.97 Å². The van der Waals surface area contributed by atoms with Gasteiger partial charge in [-0.05, 0) is 65.2 Å². The highest BCUT2D eigenvalue weighted by Gasteiger charge is 2.17. The fraction of sp³-hybridized carbons (Fsp3) is 0.333. The van der Waals surface area contributed by atoms with Crippen molar-refractivity contribution in [1.82, 2.24) is 10.6 Å². The van der Waals surface area contributed by atoms with E-state index in [0.717, 1.165) is 21.3 Å². The Morgan fingerprint density at radius 1 is 1.07 bits per heavy atom. The Bertz CT molecular complexity index is 824. The number of halogens is 1. The standard InChI is InChI=1S/C21H25BrN2O4/c1-13(17-9-10-19(27-3)18(22)11-17)24-14(2)20(25)23-12-15-5-7-16(8-6-15)21(26)28-4/h5-11,13-14,24H,12H2,1-4H3,(H,23,25). The molecule has 2 atom stereocenters. The van der Waals surface area contributed by atoms with Crippen LogP contribution in [0, 0.1) is 0 Å². The highest BCUT2D eigenvalue weighted by molar-refractivity contribution is 9.10. The van der Waals surface area contributed by atoms with Gasteiger partial charge in [0.25, 0.3) is 0 Å². The van der Waals surface area contributed by atoms with Crippen LogP contribution in [-0.2, 0) is 16.1 Å². The summed E-state index contributed by atoms with van der Waals surface area (Å²) in [5.41, 5.74) is 2.43. The molecule has 150 valence electrons. The number of carbonyl (C=O) groups is 2. The Labute approximate surface area is 173 Å². The van der Waals surface area contributed by atoms with Crippen LogP contribution in [0.15, 0.2) is 46.9 Å². The molecule has 0 bridgehead atoms. The number of carbonyl (C=O) groups excluding carboxylic acids is 2. The molecule has 0 aliphatic carbocycles. The van der Waals surface area contributed by atoms with Gasteiger partial charge in [-0.2, -0.15) is 0 Å². The smallest absolute Gasteiger partial charge is 0.337 e. The molecule has 6 nitrogen and oxygen atoms in total. The molecule has 0 saturated carbocycles. The first kappa shape index (κ1) is 21.9. The molecule has 2 aromatic rings. The number of methoxy groups -OCH3 is 2. The number of hydrogen-bond acceptors (Lipinski definition) is 5. The minimum absolute atomic E-state index is 0.0118. The maximum atomic E-state index is 12.4. The summed E-state index contributed by atoms with van der Waals surface area (Å²) < 4.78 is 10.8. The van der Waals surface area contributed by atoms with Crippen molar-refractivity contribution in [3.63, 3.8) is 0 Å². The van der Waals surface area contributed by atoms with Crippen LogP contribution < -0.4 is 15.4 Å². The van der Waals surface area contributed by atoms with Crippen LogP contribution in [0.25, 0.3) is 0 Å². The van der Waals surface area contributed by atoms with E-state index in [0.29, 0.717) is 12.1 Å². The summed E-state index contributed by atoms with van der Waals surface area (Å²) >= 11 is 3.48. The van der Waals surface area contributed by atoms with Crippen molar-refractivity contribution in [3.05, 3.63) is 63.6 Å². The van der Waals surface area contributed by atoms with Crippen molar-refractivity contribution >= 4 is 27.8 Å². The maximum Gasteiger partial charge on any atom is 0.337 e. The molecule has 0 fully saturated rings. The second kappa shape index (κ2) is 10.2. The van der Waals surface area contributed by atoms with E-state index in [1.165, 1.54) is 7.11 Å². The molecule has 0 saturated heterocycles. The van der Waals surface area contributed by atoms with Gasteiger partial charge < -0.3 is 14.8 Å². The van der Waals surface area contributed by atoms with Gasteiger partial charge in [0.1, 0.15) is 5.75 Å². The third kappa shape index (κ3) is 5.81. The summed E-state index contributed by atoms with van der Waals surface area (Å²) in [6, 6.07) is 12.4. The lowest BCUT2D eigenvalue weighted by atomic mass is 10.1. The minimum atomic E-state index is -0.382. The Kier molecular flexibility index (Phi) is 8.02. The quantitative estimate of drug-likeness (QED) is 0.603. The predicted molar refractivity (Wildman–Crippen MR) is 111 cm³/mol. The van der Waals surface area contributed by atoms with Gasteiger partial charge in [0.2, 0.25) is 5.91 Å². The monoisotopic (exact) mass is 448 g/mol. The summed E-state index contributed by atoms with van der Waals surface area (Å²) in [7, 11) is 2.97. The van der Waals surface area contributed by atoms with Crippen molar-refractivity contribution in [1.29, 1.82) is 0 Å². The molecule has 0 aliphatic heterocycles. The fourth-order valence-corrected chi connectivity index (χ4v) is 3.28. The van der Waals surface area contributed by atoms with E-state index in [1.807, 2.05) is 32.0 Å². The molecular weight excluding hydrogens is 424 g/mol. The van der Waals surface area contributed by atoms with Crippen LogP contribution in [0.1, 0.15) is 41.4 Å². The van der Waals surface area contributed by atoms with Gasteiger partial charge in [0, 0.05) is 12.6 Å². The number of benzene rings is 2. The van der Waals surface area contributed by atoms with Crippen molar-refractivity contribution < 1.29 is 19.1 Å². The normalized spacial score (nSPS) is 12.8. The van der Waals surface area contributed by atoms with Crippen molar-refractivity contribution in [3.8, 4) is 5.75 Å². The summed E-state index contributed by atoms with van der Waals surface area (Å²) in [6.45, 7) is 4.21. The van der Waals surface area contributed by atoms with Gasteiger partial charge in [-0.15, -0.1) is 0 Å². The topological polar surface area (TPSA) is 76.7 Å². The molecule has 0 aliphatic rings. The van der Waals surface area contributed by atoms with Crippen LogP contribution in [0.2, 0.25) is 0 Å². The molecule has 2 rings (SSSR count). The molecule has 2 aromatic carbocycles. The first-order chi connectivity index (χ1) is 13.3. The molecule has 28 heavy (non-hydrogen) atoms. The molecule has 0 heterocycles. The Balaban J connectivity index is 1.88. The molecule has 0 radical (unpaired) electrons. The average molecular weight is 449 g/mol. The molecule has 1 amide bonds. The largest absolute Gasteiger partial charge is 0.496 e. The molecule has 2 N–H and O–H groups in total. The van der Waals surface area contributed by atoms with E-state index in [2.05, 4.69) is 31.3 Å². The lowest BCUT2D eigenvalue weighted by Gasteiger charge is -2.20. The van der Waals surface area contributed by atoms with Gasteiger partial charge in [-0.25, -0.2) is 4.79 Å². The third-order valence-corrected chi connectivity index (χ3v) is 5.03. The zero-order chi connectivity index (χ0) is 20.7. The first-order valence-corrected chi connectivity index (χ1v) is 9.69. The number of rotatable bonds is 8. The highest BCUT2D eigenvalue weighted by atomic mass is 79.9. The van der Waals surface area contributed by atoms with Crippen LogP contribution in [-0.4, -0.2) is 32.1 Å². The SMILES string of the molecule is COC(=O)c1ccc(CNC(=O)C(C)NC(C)c2ccc(OC)c(Br)c2)cc1. The highest BCUT2D eigenvalue weighted by Crippen LogP contribution is 2.28. The van der Waals surface area contributed by atoms with Gasteiger partial charge in [-0.3, -0.25) is 10.1 Å². The number of nitrogens with one attached hydrogen (secondary N) is 2. The van der Waals surface area contributed by atoms with Crippen molar-refractivity contribution in [2.75, 3.05) is 14.2 Å². The van der Waals surface area contributed by atoms with E-state index in [1.54, 1.807) is 31.4 Å². The van der Waals surface area contributed by atoms with E-state index >= 15 is 0 Å². The molecular formula is C21H25BrN2O4. The summed E-state index contributed by atoms with van der Waals surface area (Å²) in [5, 5.41) is 6.19. The van der Waals surface area contributed by atoms with E-state index in [4.69, 9.17) is 4.74 Å². The Morgan fingerprint density at radius 3 is 2.32 bits per heavy atom. The lowest BCUT2D eigenvalue weighted by Crippen LogP contribution is -2.42. The van der Waals surface area contributed by atoms with Gasteiger partial charge in [-0.1, -0.05) is 18.2 Å². The number of hydrogen-bond donors (Lipinski definition) is 2. The predicted octanol–water partition coefficient (Wildman–Crippen LogP) is 3.60. The third-order valence-electron chi connectivity index (χ3n) is 4.41. The Hall–Kier alpha value is -2.38. The molecule has 2 unspecified atom stereocenters. The van der Waals surface area contributed by atoms with Crippen molar-refractivity contribution in [2.24, 2.45) is 0 Å². The summed E-state index contributed by atoms with van der Waals surface area (Å²) in [4.78, 5) is 23.8. The lowest BCUT2D eigenvalue weighted by molar-refractivity contribution is -0.123. The minimum Gasteiger partial charge on any atom is -0.496 e. The van der Waals surface area contributed by atoms with E-state index in [9.17, 15) is 9.59 Å². The van der Waals surface area contributed by atoms with Gasteiger partial charge in [0.05, 0.1) is 30.3 Å². The fourth-order valence-electron chi connectivity index (χ4n) is 2.72. The first-order valence-electron chi connectivity index (χ1n) is 8.90. The molecule has 0 aromatic heterocycles.